The highest BCUT2D eigenvalue weighted by atomic mass is 32.2. The second kappa shape index (κ2) is 4.98. The van der Waals surface area contributed by atoms with Crippen LogP contribution >= 0.6 is 11.8 Å². The average Bonchev–Trinajstić information content (AvgIpc) is 2.69. The molecule has 0 saturated carbocycles. The molecule has 2 rings (SSSR count). The third-order valence-corrected chi connectivity index (χ3v) is 3.45. The lowest BCUT2D eigenvalue weighted by atomic mass is 10.3. The summed E-state index contributed by atoms with van der Waals surface area (Å²) < 4.78 is 5.29. The molecule has 2 heterocycles. The van der Waals surface area contributed by atoms with Gasteiger partial charge in [0.2, 0.25) is 0 Å². The standard InChI is InChI=1S/C9H16N2OS/c1(9-10-2-8-13-9)3-11-4-6-12-7-5-11/h1-8H2. The fourth-order valence-electron chi connectivity index (χ4n) is 1.61. The Morgan fingerprint density at radius 1 is 1.38 bits per heavy atom. The van der Waals surface area contributed by atoms with Gasteiger partial charge in [-0.15, -0.1) is 11.8 Å². The van der Waals surface area contributed by atoms with E-state index in [1.54, 1.807) is 0 Å². The molecule has 0 amide bonds. The van der Waals surface area contributed by atoms with E-state index in [1.807, 2.05) is 11.8 Å². The zero-order chi connectivity index (χ0) is 8.93. The lowest BCUT2D eigenvalue weighted by Gasteiger charge is -2.26. The van der Waals surface area contributed by atoms with Crippen molar-refractivity contribution in [3.63, 3.8) is 0 Å². The van der Waals surface area contributed by atoms with Crippen LogP contribution in [0.2, 0.25) is 0 Å². The fourth-order valence-corrected chi connectivity index (χ4v) is 2.45. The molecule has 0 atom stereocenters. The van der Waals surface area contributed by atoms with Crippen LogP contribution in [0.25, 0.3) is 0 Å². The Balaban J connectivity index is 1.66. The van der Waals surface area contributed by atoms with E-state index in [-0.39, 0.29) is 0 Å². The van der Waals surface area contributed by atoms with Gasteiger partial charge >= 0.3 is 0 Å². The number of ether oxygens (including phenoxy) is 1. The Kier molecular flexibility index (Phi) is 3.64. The molecule has 4 heteroatoms. The second-order valence-electron chi connectivity index (χ2n) is 3.33. The van der Waals surface area contributed by atoms with Crippen molar-refractivity contribution in [2.75, 3.05) is 45.1 Å². The summed E-state index contributed by atoms with van der Waals surface area (Å²) >= 11 is 1.92. The molecule has 0 radical (unpaired) electrons. The van der Waals surface area contributed by atoms with Gasteiger partial charge in [-0.25, -0.2) is 0 Å². The maximum absolute atomic E-state index is 5.29. The highest BCUT2D eigenvalue weighted by Crippen LogP contribution is 2.14. The van der Waals surface area contributed by atoms with Crippen molar-refractivity contribution >= 4 is 16.8 Å². The van der Waals surface area contributed by atoms with E-state index in [9.17, 15) is 0 Å². The van der Waals surface area contributed by atoms with Crippen molar-refractivity contribution in [2.45, 2.75) is 6.42 Å². The van der Waals surface area contributed by atoms with E-state index in [0.717, 1.165) is 45.8 Å². The molecular formula is C9H16N2OS. The van der Waals surface area contributed by atoms with Crippen molar-refractivity contribution in [2.24, 2.45) is 4.99 Å². The van der Waals surface area contributed by atoms with E-state index >= 15 is 0 Å². The Bertz CT molecular complexity index is 190. The van der Waals surface area contributed by atoms with Crippen molar-refractivity contribution < 1.29 is 4.74 Å². The smallest absolute Gasteiger partial charge is 0.0689 e. The lowest BCUT2D eigenvalue weighted by molar-refractivity contribution is 0.0393. The number of aliphatic imine (C=N–C) groups is 1. The minimum Gasteiger partial charge on any atom is -0.379 e. The van der Waals surface area contributed by atoms with Crippen LogP contribution in [-0.4, -0.2) is 55.1 Å². The minimum absolute atomic E-state index is 0.902. The van der Waals surface area contributed by atoms with E-state index in [1.165, 1.54) is 10.8 Å². The van der Waals surface area contributed by atoms with Gasteiger partial charge in [0.1, 0.15) is 0 Å². The number of rotatable bonds is 3. The summed E-state index contributed by atoms with van der Waals surface area (Å²) in [5.41, 5.74) is 0. The Morgan fingerprint density at radius 3 is 2.92 bits per heavy atom. The summed E-state index contributed by atoms with van der Waals surface area (Å²) in [6, 6.07) is 0. The quantitative estimate of drug-likeness (QED) is 0.675. The van der Waals surface area contributed by atoms with Crippen LogP contribution in [0.3, 0.4) is 0 Å². The lowest BCUT2D eigenvalue weighted by Crippen LogP contribution is -2.37. The van der Waals surface area contributed by atoms with Crippen LogP contribution in [0.4, 0.5) is 0 Å². The molecular weight excluding hydrogens is 184 g/mol. The third kappa shape index (κ3) is 2.97. The van der Waals surface area contributed by atoms with Gasteiger partial charge in [-0.3, -0.25) is 9.89 Å². The number of hydrogen-bond donors (Lipinski definition) is 0. The number of hydrogen-bond acceptors (Lipinski definition) is 4. The molecule has 2 aliphatic heterocycles. The predicted molar refractivity (Wildman–Crippen MR) is 56.6 cm³/mol. The minimum atomic E-state index is 0.902. The highest BCUT2D eigenvalue weighted by molar-refractivity contribution is 8.14. The molecule has 74 valence electrons. The normalized spacial score (nSPS) is 24.8. The Hall–Kier alpha value is -0.0600. The molecule has 2 aliphatic rings. The maximum Gasteiger partial charge on any atom is 0.0689 e. The van der Waals surface area contributed by atoms with E-state index in [4.69, 9.17) is 4.74 Å². The number of morpholine rings is 1. The van der Waals surface area contributed by atoms with Gasteiger partial charge in [0.05, 0.1) is 18.3 Å². The van der Waals surface area contributed by atoms with Gasteiger partial charge in [0.15, 0.2) is 0 Å². The van der Waals surface area contributed by atoms with Gasteiger partial charge < -0.3 is 4.74 Å². The Labute approximate surface area is 83.5 Å². The van der Waals surface area contributed by atoms with Crippen LogP contribution in [0, 0.1) is 0 Å². The molecule has 0 N–H and O–H groups in total. The van der Waals surface area contributed by atoms with Crippen LogP contribution < -0.4 is 0 Å². The molecule has 0 aromatic rings. The zero-order valence-electron chi connectivity index (χ0n) is 7.87. The molecule has 1 fully saturated rings. The topological polar surface area (TPSA) is 24.8 Å². The van der Waals surface area contributed by atoms with Gasteiger partial charge in [-0.2, -0.15) is 0 Å². The van der Waals surface area contributed by atoms with E-state index < -0.39 is 0 Å². The van der Waals surface area contributed by atoms with Gasteiger partial charge in [-0.1, -0.05) is 0 Å². The average molecular weight is 200 g/mol. The van der Waals surface area contributed by atoms with Gasteiger partial charge in [0, 0.05) is 38.4 Å². The Morgan fingerprint density at radius 2 is 2.23 bits per heavy atom. The van der Waals surface area contributed by atoms with Gasteiger partial charge in [-0.05, 0) is 0 Å². The van der Waals surface area contributed by atoms with Crippen LogP contribution in [-0.2, 0) is 4.74 Å². The van der Waals surface area contributed by atoms with Crippen molar-refractivity contribution in [3.05, 3.63) is 0 Å². The highest BCUT2D eigenvalue weighted by Gasteiger charge is 2.12. The first-order valence-corrected chi connectivity index (χ1v) is 5.90. The molecule has 0 aromatic heterocycles. The summed E-state index contributed by atoms with van der Waals surface area (Å²) in [5.74, 6) is 1.19. The molecule has 0 spiro atoms. The zero-order valence-corrected chi connectivity index (χ0v) is 8.68. The predicted octanol–water partition coefficient (Wildman–Crippen LogP) is 0.854. The molecule has 0 aliphatic carbocycles. The molecule has 0 unspecified atom stereocenters. The van der Waals surface area contributed by atoms with Crippen LogP contribution in [0.5, 0.6) is 0 Å². The van der Waals surface area contributed by atoms with E-state index in [2.05, 4.69) is 9.89 Å². The third-order valence-electron chi connectivity index (χ3n) is 2.39. The second-order valence-corrected chi connectivity index (χ2v) is 4.50. The van der Waals surface area contributed by atoms with Crippen molar-refractivity contribution in [1.29, 1.82) is 0 Å². The molecule has 0 aromatic carbocycles. The first-order valence-electron chi connectivity index (χ1n) is 4.91. The van der Waals surface area contributed by atoms with Crippen molar-refractivity contribution in [3.8, 4) is 0 Å². The maximum atomic E-state index is 5.29. The fraction of sp³-hybridized carbons (Fsp3) is 0.889. The first-order chi connectivity index (χ1) is 6.45. The van der Waals surface area contributed by atoms with Crippen LogP contribution in [0.1, 0.15) is 6.42 Å². The van der Waals surface area contributed by atoms with Crippen LogP contribution in [0.15, 0.2) is 4.99 Å². The molecule has 1 saturated heterocycles. The number of thioether (sulfide) groups is 1. The summed E-state index contributed by atoms with van der Waals surface area (Å²) in [4.78, 5) is 6.90. The molecule has 3 nitrogen and oxygen atoms in total. The van der Waals surface area contributed by atoms with E-state index in [0.29, 0.717) is 0 Å². The number of nitrogens with zero attached hydrogens (tertiary/aromatic N) is 2. The van der Waals surface area contributed by atoms with Crippen molar-refractivity contribution in [1.82, 2.24) is 4.90 Å². The first kappa shape index (κ1) is 9.49. The largest absolute Gasteiger partial charge is 0.379 e. The summed E-state index contributed by atoms with van der Waals surface area (Å²) in [7, 11) is 0. The summed E-state index contributed by atoms with van der Waals surface area (Å²) in [6.07, 6.45) is 1.14. The SMILES string of the molecule is C1CSC(CCN2CCOCC2)=N1. The summed E-state index contributed by atoms with van der Waals surface area (Å²) in [6.45, 7) is 6.19. The monoisotopic (exact) mass is 200 g/mol. The summed E-state index contributed by atoms with van der Waals surface area (Å²) in [5, 5.41) is 1.35. The molecule has 13 heavy (non-hydrogen) atoms. The molecule has 0 bridgehead atoms. The van der Waals surface area contributed by atoms with Gasteiger partial charge in [0.25, 0.3) is 0 Å².